The van der Waals surface area contributed by atoms with Gasteiger partial charge in [-0.15, -0.1) is 0 Å². The lowest BCUT2D eigenvalue weighted by Gasteiger charge is -2.15. The van der Waals surface area contributed by atoms with Gasteiger partial charge in [0.25, 0.3) is 0 Å². The lowest BCUT2D eigenvalue weighted by molar-refractivity contribution is 0.0939. The normalized spacial score (nSPS) is 12.2. The van der Waals surface area contributed by atoms with Gasteiger partial charge in [0, 0.05) is 11.5 Å². The van der Waals surface area contributed by atoms with Crippen LogP contribution in [-0.2, 0) is 0 Å². The number of Topliss-reactive ketones (excluding diaryl/α,β-unsaturated/α-hetero) is 1. The first-order chi connectivity index (χ1) is 12.5. The van der Waals surface area contributed by atoms with Crippen LogP contribution in [-0.4, -0.2) is 11.9 Å². The summed E-state index contributed by atoms with van der Waals surface area (Å²) in [6.07, 6.45) is 6.45. The van der Waals surface area contributed by atoms with Crippen molar-refractivity contribution in [1.82, 2.24) is 0 Å². The van der Waals surface area contributed by atoms with E-state index in [4.69, 9.17) is 4.74 Å². The Labute approximate surface area is 158 Å². The fourth-order valence-electron chi connectivity index (χ4n) is 3.04. The highest BCUT2D eigenvalue weighted by molar-refractivity contribution is 5.97. The average molecular weight is 353 g/mol. The average Bonchev–Trinajstić information content (AvgIpc) is 2.65. The first-order valence-corrected chi connectivity index (χ1v) is 9.92. The Hall–Kier alpha value is -2.09. The highest BCUT2D eigenvalue weighted by Gasteiger charge is 2.10. The van der Waals surface area contributed by atoms with Crippen LogP contribution in [0.2, 0.25) is 0 Å². The Balaban J connectivity index is 1.93. The number of hydrogen-bond donors (Lipinski definition) is 0. The second-order valence-corrected chi connectivity index (χ2v) is 7.40. The maximum Gasteiger partial charge on any atom is 0.165 e. The van der Waals surface area contributed by atoms with Gasteiger partial charge in [0.2, 0.25) is 0 Å². The van der Waals surface area contributed by atoms with Crippen molar-refractivity contribution in [3.8, 4) is 16.9 Å². The highest BCUT2D eigenvalue weighted by Crippen LogP contribution is 2.24. The Morgan fingerprint density at radius 2 is 1.42 bits per heavy atom. The van der Waals surface area contributed by atoms with Crippen molar-refractivity contribution < 1.29 is 9.53 Å². The van der Waals surface area contributed by atoms with Gasteiger partial charge >= 0.3 is 0 Å². The van der Waals surface area contributed by atoms with Gasteiger partial charge in [-0.3, -0.25) is 4.79 Å². The van der Waals surface area contributed by atoms with Crippen LogP contribution in [0.15, 0.2) is 48.5 Å². The molecule has 0 heterocycles. The number of ketones is 1. The van der Waals surface area contributed by atoms with Crippen LogP contribution >= 0.6 is 0 Å². The number of carbonyl (C=O) groups is 1. The smallest absolute Gasteiger partial charge is 0.165 e. The van der Waals surface area contributed by atoms with Gasteiger partial charge in [-0.1, -0.05) is 76.4 Å². The van der Waals surface area contributed by atoms with E-state index in [1.165, 1.54) is 25.7 Å². The summed E-state index contributed by atoms with van der Waals surface area (Å²) in [6.45, 7) is 8.24. The number of unbranched alkanes of at least 4 members (excludes halogenated alkanes) is 3. The highest BCUT2D eigenvalue weighted by atomic mass is 16.5. The molecule has 0 N–H and O–H groups in total. The lowest BCUT2D eigenvalue weighted by Crippen LogP contribution is -2.11. The summed E-state index contributed by atoms with van der Waals surface area (Å²) in [7, 11) is 0. The van der Waals surface area contributed by atoms with Crippen LogP contribution < -0.4 is 4.74 Å². The number of hydrogen-bond acceptors (Lipinski definition) is 2. The molecule has 2 nitrogen and oxygen atoms in total. The molecule has 1 unspecified atom stereocenters. The van der Waals surface area contributed by atoms with Gasteiger partial charge in [-0.25, -0.2) is 0 Å². The molecular formula is C24H32O2. The molecule has 140 valence electrons. The summed E-state index contributed by atoms with van der Waals surface area (Å²) in [4.78, 5) is 12.0. The quantitative estimate of drug-likeness (QED) is 0.342. The van der Waals surface area contributed by atoms with Gasteiger partial charge in [-0.2, -0.15) is 0 Å². The minimum atomic E-state index is 0.0289. The standard InChI is InChI=1S/C24H32O2/c1-5-6-7-8-9-19(4)26-23-16-14-21(15-17-23)20-10-12-22(13-11-20)24(25)18(2)3/h10-19H,5-9H2,1-4H3. The van der Waals surface area contributed by atoms with E-state index < -0.39 is 0 Å². The van der Waals surface area contributed by atoms with Crippen molar-refractivity contribution in [2.45, 2.75) is 65.9 Å². The zero-order chi connectivity index (χ0) is 18.9. The third kappa shape index (κ3) is 6.01. The Bertz CT molecular complexity index is 668. The predicted molar refractivity (Wildman–Crippen MR) is 110 cm³/mol. The summed E-state index contributed by atoms with van der Waals surface area (Å²) < 4.78 is 6.02. The van der Waals surface area contributed by atoms with E-state index in [9.17, 15) is 4.79 Å². The largest absolute Gasteiger partial charge is 0.491 e. The molecule has 0 aliphatic heterocycles. The first-order valence-electron chi connectivity index (χ1n) is 9.92. The predicted octanol–water partition coefficient (Wildman–Crippen LogP) is 6.93. The van der Waals surface area contributed by atoms with Crippen LogP contribution in [0.1, 0.15) is 70.2 Å². The second-order valence-electron chi connectivity index (χ2n) is 7.40. The number of ether oxygens (including phenoxy) is 1. The molecule has 0 fully saturated rings. The third-order valence-corrected chi connectivity index (χ3v) is 4.68. The maximum atomic E-state index is 12.0. The molecule has 0 saturated heterocycles. The molecule has 0 bridgehead atoms. The van der Waals surface area contributed by atoms with Gasteiger partial charge < -0.3 is 4.74 Å². The molecule has 0 saturated carbocycles. The van der Waals surface area contributed by atoms with Crippen LogP contribution in [0.5, 0.6) is 5.75 Å². The van der Waals surface area contributed by atoms with E-state index in [1.54, 1.807) is 0 Å². The summed E-state index contributed by atoms with van der Waals surface area (Å²) in [5.74, 6) is 1.14. The molecule has 0 aliphatic carbocycles. The zero-order valence-electron chi connectivity index (χ0n) is 16.6. The van der Waals surface area contributed by atoms with Crippen LogP contribution in [0, 0.1) is 5.92 Å². The van der Waals surface area contributed by atoms with Crippen LogP contribution in [0.3, 0.4) is 0 Å². The minimum Gasteiger partial charge on any atom is -0.491 e. The van der Waals surface area contributed by atoms with E-state index in [2.05, 4.69) is 26.0 Å². The molecule has 1 atom stereocenters. The molecule has 2 aromatic rings. The number of rotatable bonds is 10. The van der Waals surface area contributed by atoms with E-state index in [0.29, 0.717) is 0 Å². The zero-order valence-corrected chi connectivity index (χ0v) is 16.6. The molecule has 0 spiro atoms. The Morgan fingerprint density at radius 3 is 1.96 bits per heavy atom. The summed E-state index contributed by atoms with van der Waals surface area (Å²) in [6, 6.07) is 16.1. The molecule has 2 heteroatoms. The van der Waals surface area contributed by atoms with Crippen LogP contribution in [0.25, 0.3) is 11.1 Å². The van der Waals surface area contributed by atoms with E-state index in [1.807, 2.05) is 50.2 Å². The van der Waals surface area contributed by atoms with Crippen molar-refractivity contribution in [3.63, 3.8) is 0 Å². The molecule has 26 heavy (non-hydrogen) atoms. The van der Waals surface area contributed by atoms with E-state index in [0.717, 1.165) is 28.9 Å². The summed E-state index contributed by atoms with van der Waals surface area (Å²) in [5.41, 5.74) is 3.03. The molecular weight excluding hydrogens is 320 g/mol. The van der Waals surface area contributed by atoms with Crippen molar-refractivity contribution >= 4 is 5.78 Å². The monoisotopic (exact) mass is 352 g/mol. The molecule has 0 aromatic heterocycles. The minimum absolute atomic E-state index is 0.0289. The topological polar surface area (TPSA) is 26.3 Å². The second kappa shape index (κ2) is 10.2. The summed E-state index contributed by atoms with van der Waals surface area (Å²) in [5, 5.41) is 0. The fraction of sp³-hybridized carbons (Fsp3) is 0.458. The molecule has 2 aromatic carbocycles. The third-order valence-electron chi connectivity index (χ3n) is 4.68. The lowest BCUT2D eigenvalue weighted by atomic mass is 9.98. The van der Waals surface area contributed by atoms with Crippen molar-refractivity contribution in [2.75, 3.05) is 0 Å². The van der Waals surface area contributed by atoms with Gasteiger partial charge in [0.1, 0.15) is 5.75 Å². The summed E-state index contributed by atoms with van der Waals surface area (Å²) >= 11 is 0. The Kier molecular flexibility index (Phi) is 7.90. The van der Waals surface area contributed by atoms with Gasteiger partial charge in [0.15, 0.2) is 5.78 Å². The maximum absolute atomic E-state index is 12.0. The molecule has 2 rings (SSSR count). The SMILES string of the molecule is CCCCCCC(C)Oc1ccc(-c2ccc(C(=O)C(C)C)cc2)cc1. The number of carbonyl (C=O) groups excluding carboxylic acids is 1. The van der Waals surface area contributed by atoms with E-state index >= 15 is 0 Å². The fourth-order valence-corrected chi connectivity index (χ4v) is 3.04. The van der Waals surface area contributed by atoms with Gasteiger partial charge in [0.05, 0.1) is 6.10 Å². The molecule has 0 aliphatic rings. The Morgan fingerprint density at radius 1 is 0.846 bits per heavy atom. The van der Waals surface area contributed by atoms with E-state index in [-0.39, 0.29) is 17.8 Å². The van der Waals surface area contributed by atoms with Crippen molar-refractivity contribution in [1.29, 1.82) is 0 Å². The number of benzene rings is 2. The van der Waals surface area contributed by atoms with Crippen molar-refractivity contribution in [3.05, 3.63) is 54.1 Å². The van der Waals surface area contributed by atoms with Gasteiger partial charge in [-0.05, 0) is 43.0 Å². The van der Waals surface area contributed by atoms with Crippen LogP contribution in [0.4, 0.5) is 0 Å². The molecule has 0 amide bonds. The van der Waals surface area contributed by atoms with Crippen molar-refractivity contribution in [2.24, 2.45) is 5.92 Å². The first kappa shape index (κ1) is 20.2. The molecule has 0 radical (unpaired) electrons.